The van der Waals surface area contributed by atoms with Crippen LogP contribution in [-0.2, 0) is 9.84 Å². The number of amides is 1. The lowest BCUT2D eigenvalue weighted by atomic mass is 10.2. The summed E-state index contributed by atoms with van der Waals surface area (Å²) < 4.78 is 26.4. The van der Waals surface area contributed by atoms with Gasteiger partial charge in [-0.3, -0.25) is 14.9 Å². The molecule has 0 radical (unpaired) electrons. The Bertz CT molecular complexity index is 1360. The first-order valence-electron chi connectivity index (χ1n) is 9.14. The number of carbonyl (C=O) groups is 1. The maximum atomic E-state index is 13.2. The van der Waals surface area contributed by atoms with Gasteiger partial charge in [0, 0.05) is 18.6 Å². The van der Waals surface area contributed by atoms with Crippen molar-refractivity contribution < 1.29 is 13.2 Å². The van der Waals surface area contributed by atoms with Crippen molar-refractivity contribution in [3.05, 3.63) is 83.8 Å². The minimum absolute atomic E-state index is 0.0431. The number of fused-ring (bicyclic) bond motifs is 1. The molecule has 150 valence electrons. The number of hydrogen-bond donors (Lipinski definition) is 2. The first kappa shape index (κ1) is 19.5. The summed E-state index contributed by atoms with van der Waals surface area (Å²) in [4.78, 5) is 16.4. The SMILES string of the molecule is CNC(=O)c1ccccc1S(=O)(=O)c1ccc2c(/C=C/c3ccccn3)n[nH]c2c1. The number of hydrogen-bond acceptors (Lipinski definition) is 5. The van der Waals surface area contributed by atoms with E-state index in [1.807, 2.05) is 30.4 Å². The highest BCUT2D eigenvalue weighted by Crippen LogP contribution is 2.28. The molecule has 4 rings (SSSR count). The van der Waals surface area contributed by atoms with Crippen molar-refractivity contribution in [2.45, 2.75) is 9.79 Å². The van der Waals surface area contributed by atoms with Crippen molar-refractivity contribution in [2.75, 3.05) is 7.05 Å². The highest BCUT2D eigenvalue weighted by molar-refractivity contribution is 7.91. The molecule has 0 aliphatic rings. The quantitative estimate of drug-likeness (QED) is 0.517. The van der Waals surface area contributed by atoms with E-state index in [0.717, 1.165) is 11.1 Å². The molecule has 0 aliphatic heterocycles. The first-order chi connectivity index (χ1) is 14.5. The van der Waals surface area contributed by atoms with Gasteiger partial charge in [-0.25, -0.2) is 8.42 Å². The second-order valence-corrected chi connectivity index (χ2v) is 8.40. The molecule has 0 unspecified atom stereocenters. The number of aromatic nitrogens is 3. The number of carbonyl (C=O) groups excluding carboxylic acids is 1. The maximum Gasteiger partial charge on any atom is 0.252 e. The third-order valence-corrected chi connectivity index (χ3v) is 6.43. The molecule has 0 saturated heterocycles. The van der Waals surface area contributed by atoms with Crippen molar-refractivity contribution in [2.24, 2.45) is 0 Å². The van der Waals surface area contributed by atoms with Gasteiger partial charge in [0.05, 0.1) is 32.3 Å². The zero-order valence-corrected chi connectivity index (χ0v) is 16.8. The average molecular weight is 418 g/mol. The Morgan fingerprint density at radius 2 is 1.83 bits per heavy atom. The van der Waals surface area contributed by atoms with Gasteiger partial charge in [-0.1, -0.05) is 18.2 Å². The molecule has 2 N–H and O–H groups in total. The van der Waals surface area contributed by atoms with Gasteiger partial charge in [-0.2, -0.15) is 5.10 Å². The fourth-order valence-electron chi connectivity index (χ4n) is 3.10. The fraction of sp³-hybridized carbons (Fsp3) is 0.0455. The smallest absolute Gasteiger partial charge is 0.252 e. The van der Waals surface area contributed by atoms with E-state index in [2.05, 4.69) is 20.5 Å². The van der Waals surface area contributed by atoms with Gasteiger partial charge in [0.15, 0.2) is 0 Å². The minimum Gasteiger partial charge on any atom is -0.355 e. The molecule has 2 aromatic carbocycles. The zero-order valence-electron chi connectivity index (χ0n) is 16.0. The van der Waals surface area contributed by atoms with Crippen molar-refractivity contribution in [1.82, 2.24) is 20.5 Å². The van der Waals surface area contributed by atoms with Gasteiger partial charge in [-0.15, -0.1) is 0 Å². The number of benzene rings is 2. The largest absolute Gasteiger partial charge is 0.355 e. The molecule has 0 saturated carbocycles. The topological polar surface area (TPSA) is 105 Å². The van der Waals surface area contributed by atoms with E-state index in [9.17, 15) is 13.2 Å². The lowest BCUT2D eigenvalue weighted by Crippen LogP contribution is -2.21. The van der Waals surface area contributed by atoms with Crippen LogP contribution in [0, 0.1) is 0 Å². The minimum atomic E-state index is -3.90. The number of pyridine rings is 1. The van der Waals surface area contributed by atoms with E-state index in [-0.39, 0.29) is 15.4 Å². The Labute approximate surface area is 173 Å². The van der Waals surface area contributed by atoms with E-state index in [4.69, 9.17) is 0 Å². The number of nitrogens with one attached hydrogen (secondary N) is 2. The molecule has 0 bridgehead atoms. The van der Waals surface area contributed by atoms with Crippen LogP contribution in [0.1, 0.15) is 21.7 Å². The van der Waals surface area contributed by atoms with Gasteiger partial charge in [0.1, 0.15) is 0 Å². The molecule has 7 nitrogen and oxygen atoms in total. The number of sulfone groups is 1. The number of nitrogens with zero attached hydrogens (tertiary/aromatic N) is 2. The number of rotatable bonds is 5. The third-order valence-electron chi connectivity index (χ3n) is 4.62. The molecule has 30 heavy (non-hydrogen) atoms. The Hall–Kier alpha value is -3.78. The van der Waals surface area contributed by atoms with Gasteiger partial charge >= 0.3 is 0 Å². The van der Waals surface area contributed by atoms with E-state index >= 15 is 0 Å². The highest BCUT2D eigenvalue weighted by Gasteiger charge is 2.24. The number of H-pyrrole nitrogens is 1. The van der Waals surface area contributed by atoms with Crippen molar-refractivity contribution >= 4 is 38.8 Å². The van der Waals surface area contributed by atoms with Crippen LogP contribution >= 0.6 is 0 Å². The van der Waals surface area contributed by atoms with E-state index in [1.54, 1.807) is 24.4 Å². The summed E-state index contributed by atoms with van der Waals surface area (Å²) in [7, 11) is -2.44. The lowest BCUT2D eigenvalue weighted by Gasteiger charge is -2.09. The van der Waals surface area contributed by atoms with E-state index in [0.29, 0.717) is 11.2 Å². The molecule has 8 heteroatoms. The van der Waals surface area contributed by atoms with Crippen LogP contribution in [0.15, 0.2) is 76.7 Å². The van der Waals surface area contributed by atoms with Crippen LogP contribution < -0.4 is 5.32 Å². The highest BCUT2D eigenvalue weighted by atomic mass is 32.2. The Balaban J connectivity index is 1.73. The molecular weight excluding hydrogens is 400 g/mol. The predicted octanol–water partition coefficient (Wildman–Crippen LogP) is 3.32. The summed E-state index contributed by atoms with van der Waals surface area (Å²) in [5.41, 5.74) is 2.14. The first-order valence-corrected chi connectivity index (χ1v) is 10.6. The fourth-order valence-corrected chi connectivity index (χ4v) is 4.59. The second kappa shape index (κ2) is 7.92. The summed E-state index contributed by atoms with van der Waals surface area (Å²) in [5.74, 6) is -0.460. The average Bonchev–Trinajstić information content (AvgIpc) is 3.20. The van der Waals surface area contributed by atoms with Crippen molar-refractivity contribution in [1.29, 1.82) is 0 Å². The van der Waals surface area contributed by atoms with Crippen LogP contribution in [0.4, 0.5) is 0 Å². The predicted molar refractivity (Wildman–Crippen MR) is 115 cm³/mol. The third kappa shape index (κ3) is 3.60. The van der Waals surface area contributed by atoms with E-state index in [1.165, 1.54) is 31.3 Å². The molecule has 4 aromatic rings. The lowest BCUT2D eigenvalue weighted by molar-refractivity contribution is 0.0960. The van der Waals surface area contributed by atoms with Crippen LogP contribution in [0.25, 0.3) is 23.1 Å². The van der Waals surface area contributed by atoms with Crippen molar-refractivity contribution in [3.63, 3.8) is 0 Å². The van der Waals surface area contributed by atoms with E-state index < -0.39 is 15.7 Å². The molecule has 2 heterocycles. The molecular formula is C22H18N4O3S. The van der Waals surface area contributed by atoms with Crippen LogP contribution in [0.2, 0.25) is 0 Å². The second-order valence-electron chi connectivity index (χ2n) is 6.48. The molecule has 1 amide bonds. The Kier molecular flexibility index (Phi) is 5.16. The summed E-state index contributed by atoms with van der Waals surface area (Å²) in [6.45, 7) is 0. The van der Waals surface area contributed by atoms with Gasteiger partial charge in [0.2, 0.25) is 9.84 Å². The monoisotopic (exact) mass is 418 g/mol. The number of aromatic amines is 1. The summed E-state index contributed by atoms with van der Waals surface area (Å²) in [5, 5.41) is 10.4. The van der Waals surface area contributed by atoms with Gasteiger partial charge in [-0.05, 0) is 54.6 Å². The van der Waals surface area contributed by atoms with Crippen LogP contribution in [-0.4, -0.2) is 36.6 Å². The molecule has 0 atom stereocenters. The summed E-state index contributed by atoms with van der Waals surface area (Å²) >= 11 is 0. The van der Waals surface area contributed by atoms with Gasteiger partial charge in [0.25, 0.3) is 5.91 Å². The Morgan fingerprint density at radius 3 is 2.60 bits per heavy atom. The molecule has 0 aliphatic carbocycles. The summed E-state index contributed by atoms with van der Waals surface area (Å²) in [6.07, 6.45) is 5.35. The van der Waals surface area contributed by atoms with Crippen molar-refractivity contribution in [3.8, 4) is 0 Å². The van der Waals surface area contributed by atoms with Crippen LogP contribution in [0.3, 0.4) is 0 Å². The summed E-state index contributed by atoms with van der Waals surface area (Å²) in [6, 6.07) is 16.5. The normalized spacial score (nSPS) is 11.8. The maximum absolute atomic E-state index is 13.2. The molecule has 2 aromatic heterocycles. The standard InChI is InChI=1S/C22H18N4O3S/c1-23-22(27)18-7-2-3-8-21(18)30(28,29)16-10-11-17-19(25-26-20(17)14-16)12-9-15-6-4-5-13-24-15/h2-14H,1H3,(H,23,27)(H,25,26)/b12-9+. The van der Waals surface area contributed by atoms with Crippen LogP contribution in [0.5, 0.6) is 0 Å². The molecule has 0 fully saturated rings. The zero-order chi connectivity index (χ0) is 21.1. The molecule has 0 spiro atoms. The van der Waals surface area contributed by atoms with Gasteiger partial charge < -0.3 is 5.32 Å². The Morgan fingerprint density at radius 1 is 1.03 bits per heavy atom.